The Kier molecular flexibility index (Phi) is 5.98. The summed E-state index contributed by atoms with van der Waals surface area (Å²) in [6.07, 6.45) is 5.57. The van der Waals surface area contributed by atoms with Gasteiger partial charge in [0.15, 0.2) is 5.69 Å². The van der Waals surface area contributed by atoms with Gasteiger partial charge in [-0.15, -0.1) is 0 Å². The number of hydrogen-bond acceptors (Lipinski definition) is 5. The second-order valence-corrected chi connectivity index (χ2v) is 12.2. The molecule has 0 spiro atoms. The van der Waals surface area contributed by atoms with E-state index in [1.807, 2.05) is 14.5 Å². The Labute approximate surface area is 225 Å². The van der Waals surface area contributed by atoms with Crippen LogP contribution in [-0.2, 0) is 17.8 Å². The van der Waals surface area contributed by atoms with Crippen LogP contribution < -0.4 is 4.90 Å². The number of amides is 2. The fourth-order valence-electron chi connectivity index (χ4n) is 7.27. The van der Waals surface area contributed by atoms with Gasteiger partial charge in [0.05, 0.1) is 0 Å². The molecule has 0 bridgehead atoms. The topological polar surface area (TPSA) is 64.9 Å². The van der Waals surface area contributed by atoms with Gasteiger partial charge in [-0.2, -0.15) is 5.10 Å². The number of aromatic nitrogens is 2. The molecular weight excluding hydrogens is 476 g/mol. The zero-order chi connectivity index (χ0) is 26.0. The standard InChI is InChI=1S/C30H40N6O2/c1-20-5-3-6-25(21(20)2)33-13-15-34(16-14-33)27(37)19-36-26-18-22-17-24(22)28(26)29(31-36)30(38)35-11-7-23(8-12-35)32-9-4-10-32/h3,5-6,22-24H,4,7-19H2,1-2H3/t22-,24?/m1/s1. The number of piperazine rings is 1. The SMILES string of the molecule is Cc1cccc(N2CCN(C(=O)Cn3nc(C(=O)N4CCC(N5CCC5)CC4)c4c3C[C@H]3CC43)CC2)c1C. The lowest BCUT2D eigenvalue weighted by atomic mass is 9.99. The lowest BCUT2D eigenvalue weighted by Gasteiger charge is -2.42. The highest BCUT2D eigenvalue weighted by Gasteiger charge is 2.50. The Morgan fingerprint density at radius 3 is 2.42 bits per heavy atom. The molecule has 3 aliphatic heterocycles. The first-order valence-corrected chi connectivity index (χ1v) is 14.7. The van der Waals surface area contributed by atoms with E-state index in [-0.39, 0.29) is 18.4 Å². The van der Waals surface area contributed by atoms with Gasteiger partial charge in [-0.05, 0) is 88.1 Å². The third-order valence-electron chi connectivity index (χ3n) is 10.0. The van der Waals surface area contributed by atoms with Crippen LogP contribution in [0.15, 0.2) is 18.2 Å². The maximum Gasteiger partial charge on any atom is 0.274 e. The van der Waals surface area contributed by atoms with E-state index in [2.05, 4.69) is 41.8 Å². The molecule has 2 aliphatic carbocycles. The molecule has 0 N–H and O–H groups in total. The van der Waals surface area contributed by atoms with Crippen LogP contribution in [0, 0.1) is 19.8 Å². The first-order chi connectivity index (χ1) is 18.5. The largest absolute Gasteiger partial charge is 0.368 e. The van der Waals surface area contributed by atoms with E-state index in [0.717, 1.165) is 69.8 Å². The molecule has 2 amide bonds. The van der Waals surface area contributed by atoms with Crippen molar-refractivity contribution in [2.75, 3.05) is 57.3 Å². The van der Waals surface area contributed by atoms with E-state index in [4.69, 9.17) is 5.10 Å². The average molecular weight is 517 g/mol. The number of carbonyl (C=O) groups is 2. The third kappa shape index (κ3) is 4.12. The van der Waals surface area contributed by atoms with Gasteiger partial charge >= 0.3 is 0 Å². The van der Waals surface area contributed by atoms with Gasteiger partial charge in [0.1, 0.15) is 6.54 Å². The minimum Gasteiger partial charge on any atom is -0.368 e. The van der Waals surface area contributed by atoms with E-state index < -0.39 is 0 Å². The number of carbonyl (C=O) groups excluding carboxylic acids is 2. The van der Waals surface area contributed by atoms with Crippen molar-refractivity contribution < 1.29 is 9.59 Å². The number of nitrogens with zero attached hydrogens (tertiary/aromatic N) is 6. The maximum absolute atomic E-state index is 13.6. The Hall–Kier alpha value is -2.87. The van der Waals surface area contributed by atoms with E-state index in [0.29, 0.717) is 23.6 Å². The van der Waals surface area contributed by atoms with Crippen LogP contribution in [0.3, 0.4) is 0 Å². The highest BCUT2D eigenvalue weighted by atomic mass is 16.2. The molecule has 8 heteroatoms. The van der Waals surface area contributed by atoms with Crippen LogP contribution in [0.4, 0.5) is 5.69 Å². The Bertz CT molecular complexity index is 1250. The molecule has 1 aromatic heterocycles. The number of aryl methyl sites for hydroxylation is 1. The minimum atomic E-state index is 0.0872. The van der Waals surface area contributed by atoms with E-state index in [9.17, 15) is 9.59 Å². The second kappa shape index (κ2) is 9.40. The van der Waals surface area contributed by atoms with Crippen molar-refractivity contribution in [2.45, 2.75) is 64.5 Å². The Morgan fingerprint density at radius 2 is 1.71 bits per heavy atom. The Morgan fingerprint density at radius 1 is 0.947 bits per heavy atom. The first kappa shape index (κ1) is 24.2. The predicted molar refractivity (Wildman–Crippen MR) is 147 cm³/mol. The molecule has 38 heavy (non-hydrogen) atoms. The van der Waals surface area contributed by atoms with Crippen LogP contribution >= 0.6 is 0 Å². The molecule has 4 fully saturated rings. The summed E-state index contributed by atoms with van der Waals surface area (Å²) in [4.78, 5) is 36.0. The number of piperidine rings is 1. The van der Waals surface area contributed by atoms with Crippen LogP contribution in [-0.4, -0.2) is 94.7 Å². The summed E-state index contributed by atoms with van der Waals surface area (Å²) >= 11 is 0. The van der Waals surface area contributed by atoms with Gasteiger partial charge < -0.3 is 19.6 Å². The van der Waals surface area contributed by atoms with Crippen LogP contribution in [0.5, 0.6) is 0 Å². The lowest BCUT2D eigenvalue weighted by molar-refractivity contribution is -0.132. The molecule has 2 atom stereocenters. The smallest absolute Gasteiger partial charge is 0.274 e. The fraction of sp³-hybridized carbons (Fsp3) is 0.633. The number of anilines is 1. The molecule has 1 saturated carbocycles. The van der Waals surface area contributed by atoms with Gasteiger partial charge in [-0.25, -0.2) is 0 Å². The maximum atomic E-state index is 13.6. The molecule has 7 rings (SSSR count). The molecule has 202 valence electrons. The molecule has 0 radical (unpaired) electrons. The van der Waals surface area contributed by atoms with Crippen molar-refractivity contribution in [1.82, 2.24) is 24.5 Å². The number of benzene rings is 1. The van der Waals surface area contributed by atoms with Crippen molar-refractivity contribution in [3.63, 3.8) is 0 Å². The lowest BCUT2D eigenvalue weighted by Crippen LogP contribution is -2.51. The van der Waals surface area contributed by atoms with Crippen LogP contribution in [0.2, 0.25) is 0 Å². The molecular formula is C30H40N6O2. The van der Waals surface area contributed by atoms with Crippen molar-refractivity contribution in [2.24, 2.45) is 5.92 Å². The first-order valence-electron chi connectivity index (χ1n) is 14.7. The van der Waals surface area contributed by atoms with E-state index in [1.54, 1.807) is 0 Å². The van der Waals surface area contributed by atoms with Crippen molar-refractivity contribution >= 4 is 17.5 Å². The summed E-state index contributed by atoms with van der Waals surface area (Å²) in [6, 6.07) is 7.09. The van der Waals surface area contributed by atoms with Gasteiger partial charge in [0, 0.05) is 62.3 Å². The quantitative estimate of drug-likeness (QED) is 0.612. The third-order valence-corrected chi connectivity index (χ3v) is 10.0. The zero-order valence-electron chi connectivity index (χ0n) is 22.9. The summed E-state index contributed by atoms with van der Waals surface area (Å²) in [5, 5.41) is 4.84. The zero-order valence-corrected chi connectivity index (χ0v) is 22.9. The summed E-state index contributed by atoms with van der Waals surface area (Å²) in [6.45, 7) is 11.8. The minimum absolute atomic E-state index is 0.0872. The molecule has 3 saturated heterocycles. The number of hydrogen-bond donors (Lipinski definition) is 0. The van der Waals surface area contributed by atoms with Crippen LogP contribution in [0.25, 0.3) is 0 Å². The summed E-state index contributed by atoms with van der Waals surface area (Å²) < 4.78 is 1.89. The summed E-state index contributed by atoms with van der Waals surface area (Å²) in [7, 11) is 0. The number of fused-ring (bicyclic) bond motifs is 3. The van der Waals surface area contributed by atoms with Crippen molar-refractivity contribution in [3.8, 4) is 0 Å². The highest BCUT2D eigenvalue weighted by Crippen LogP contribution is 2.57. The summed E-state index contributed by atoms with van der Waals surface area (Å²) in [5.74, 6) is 1.33. The monoisotopic (exact) mass is 516 g/mol. The van der Waals surface area contributed by atoms with Crippen LogP contribution in [0.1, 0.15) is 64.5 Å². The van der Waals surface area contributed by atoms with E-state index >= 15 is 0 Å². The number of likely N-dealkylation sites (tertiary alicyclic amines) is 2. The van der Waals surface area contributed by atoms with Crippen molar-refractivity contribution in [3.05, 3.63) is 46.3 Å². The van der Waals surface area contributed by atoms with E-state index in [1.165, 1.54) is 42.7 Å². The van der Waals surface area contributed by atoms with Gasteiger partial charge in [-0.3, -0.25) is 14.3 Å². The molecule has 1 unspecified atom stereocenters. The van der Waals surface area contributed by atoms with Gasteiger partial charge in [0.2, 0.25) is 5.91 Å². The van der Waals surface area contributed by atoms with Gasteiger partial charge in [0.25, 0.3) is 5.91 Å². The molecule has 2 aromatic rings. The Balaban J connectivity index is 1.02. The summed E-state index contributed by atoms with van der Waals surface area (Å²) in [5.41, 5.74) is 6.85. The normalized spacial score (nSPS) is 25.3. The molecule has 1 aromatic carbocycles. The van der Waals surface area contributed by atoms with Gasteiger partial charge in [-0.1, -0.05) is 12.1 Å². The second-order valence-electron chi connectivity index (χ2n) is 12.2. The fourth-order valence-corrected chi connectivity index (χ4v) is 7.27. The molecule has 4 heterocycles. The molecule has 8 nitrogen and oxygen atoms in total. The van der Waals surface area contributed by atoms with Crippen molar-refractivity contribution in [1.29, 1.82) is 0 Å². The highest BCUT2D eigenvalue weighted by molar-refractivity contribution is 5.95. The predicted octanol–water partition coefficient (Wildman–Crippen LogP) is 2.82. The average Bonchev–Trinajstić information content (AvgIpc) is 3.43. The molecule has 5 aliphatic rings. The number of rotatable bonds is 5.